The number of anilines is 1. The fraction of sp³-hybridized carbons (Fsp3) is 0.200. The zero-order valence-electron chi connectivity index (χ0n) is 13.7. The maximum Gasteiger partial charge on any atom is 0.264 e. The van der Waals surface area contributed by atoms with Gasteiger partial charge in [0.05, 0.1) is 12.0 Å². The Labute approximate surface area is 155 Å². The average Bonchev–Trinajstić information content (AvgIpc) is 2.53. The van der Waals surface area contributed by atoms with Gasteiger partial charge in [-0.05, 0) is 64.8 Å². The lowest BCUT2D eigenvalue weighted by atomic mass is 10.2. The number of benzene rings is 2. The number of hydrogen-bond acceptors (Lipinski definition) is 5. The summed E-state index contributed by atoms with van der Waals surface area (Å²) in [6, 6.07) is 10.2. The minimum absolute atomic E-state index is 0.0173. The van der Waals surface area contributed by atoms with E-state index in [0.717, 1.165) is 10.0 Å². The van der Waals surface area contributed by atoms with Crippen LogP contribution in [0.15, 0.2) is 56.7 Å². The molecule has 0 amide bonds. The molecular weight excluding hydrogens is 432 g/mol. The van der Waals surface area contributed by atoms with Crippen LogP contribution in [0.4, 0.5) is 5.69 Å². The first-order valence-electron chi connectivity index (χ1n) is 7.00. The number of hydrogen-bond donors (Lipinski definition) is 1. The van der Waals surface area contributed by atoms with Crippen molar-refractivity contribution in [2.45, 2.75) is 16.7 Å². The largest absolute Gasteiger partial charge is 0.288 e. The quantitative estimate of drug-likeness (QED) is 0.685. The van der Waals surface area contributed by atoms with E-state index in [4.69, 9.17) is 0 Å². The normalized spacial score (nSPS) is 12.4. The van der Waals surface area contributed by atoms with Crippen molar-refractivity contribution < 1.29 is 21.7 Å². The first-order valence-corrected chi connectivity index (χ1v) is 10.7. The van der Waals surface area contributed by atoms with Crippen LogP contribution in [0.25, 0.3) is 0 Å². The lowest BCUT2D eigenvalue weighted by molar-refractivity contribution is -0.0258. The van der Waals surface area contributed by atoms with Crippen LogP contribution in [0.2, 0.25) is 0 Å². The van der Waals surface area contributed by atoms with Gasteiger partial charge in [-0.3, -0.25) is 9.56 Å². The third kappa shape index (κ3) is 4.39. The molecule has 0 fully saturated rings. The molecule has 0 unspecified atom stereocenters. The van der Waals surface area contributed by atoms with E-state index in [2.05, 4.69) is 25.5 Å². The van der Waals surface area contributed by atoms with E-state index in [1.807, 2.05) is 6.92 Å². The summed E-state index contributed by atoms with van der Waals surface area (Å²) in [5, 5.41) is 0. The first-order chi connectivity index (χ1) is 11.6. The molecule has 136 valence electrons. The summed E-state index contributed by atoms with van der Waals surface area (Å²) in [4.78, 5) is 4.76. The number of hydroxylamine groups is 1. The van der Waals surface area contributed by atoms with E-state index < -0.39 is 20.0 Å². The molecule has 25 heavy (non-hydrogen) atoms. The minimum Gasteiger partial charge on any atom is -0.288 e. The van der Waals surface area contributed by atoms with Crippen molar-refractivity contribution in [2.75, 3.05) is 18.9 Å². The summed E-state index contributed by atoms with van der Waals surface area (Å²) in [5.41, 5.74) is 1.16. The van der Waals surface area contributed by atoms with Gasteiger partial charge in [0.15, 0.2) is 0 Å². The molecule has 0 radical (unpaired) electrons. The van der Waals surface area contributed by atoms with Crippen molar-refractivity contribution in [2.24, 2.45) is 0 Å². The number of nitrogens with one attached hydrogen (secondary N) is 1. The van der Waals surface area contributed by atoms with Gasteiger partial charge in [0, 0.05) is 17.2 Å². The summed E-state index contributed by atoms with van der Waals surface area (Å²) < 4.78 is 52.8. The smallest absolute Gasteiger partial charge is 0.264 e. The van der Waals surface area contributed by atoms with Crippen molar-refractivity contribution >= 4 is 41.7 Å². The summed E-state index contributed by atoms with van der Waals surface area (Å²) >= 11 is 3.24. The van der Waals surface area contributed by atoms with E-state index in [1.54, 1.807) is 12.1 Å². The Kier molecular flexibility index (Phi) is 5.89. The zero-order chi connectivity index (χ0) is 18.8. The SMILES string of the molecule is CON(C)S(=O)(=O)c1ccc(NS(=O)(=O)c2ccc(C)cc2Br)cc1. The van der Waals surface area contributed by atoms with Crippen molar-refractivity contribution in [1.29, 1.82) is 0 Å². The van der Waals surface area contributed by atoms with Gasteiger partial charge < -0.3 is 0 Å². The monoisotopic (exact) mass is 448 g/mol. The van der Waals surface area contributed by atoms with Crippen molar-refractivity contribution in [3.8, 4) is 0 Å². The molecule has 0 heterocycles. The molecule has 0 aromatic heterocycles. The molecule has 10 heteroatoms. The number of aryl methyl sites for hydroxylation is 1. The second-order valence-electron chi connectivity index (χ2n) is 5.16. The Balaban J connectivity index is 2.29. The maximum absolute atomic E-state index is 12.5. The van der Waals surface area contributed by atoms with Crippen LogP contribution in [0, 0.1) is 6.92 Å². The molecule has 7 nitrogen and oxygen atoms in total. The molecule has 0 atom stereocenters. The van der Waals surface area contributed by atoms with E-state index in [9.17, 15) is 16.8 Å². The molecule has 0 aliphatic carbocycles. The van der Waals surface area contributed by atoms with Gasteiger partial charge in [0.1, 0.15) is 4.90 Å². The van der Waals surface area contributed by atoms with Gasteiger partial charge in [-0.2, -0.15) is 0 Å². The molecule has 2 rings (SSSR count). The molecule has 0 spiro atoms. The molecule has 0 saturated heterocycles. The van der Waals surface area contributed by atoms with Gasteiger partial charge >= 0.3 is 0 Å². The van der Waals surface area contributed by atoms with Crippen LogP contribution in [-0.2, 0) is 24.9 Å². The summed E-state index contributed by atoms with van der Waals surface area (Å²) in [5.74, 6) is 0. The first kappa shape index (κ1) is 19.9. The highest BCUT2D eigenvalue weighted by Gasteiger charge is 2.22. The molecule has 2 aromatic rings. The van der Waals surface area contributed by atoms with Gasteiger partial charge in [-0.1, -0.05) is 10.5 Å². The lowest BCUT2D eigenvalue weighted by Gasteiger charge is -2.15. The second kappa shape index (κ2) is 7.42. The fourth-order valence-corrected chi connectivity index (χ4v) is 5.20. The highest BCUT2D eigenvalue weighted by Crippen LogP contribution is 2.26. The van der Waals surface area contributed by atoms with Gasteiger partial charge in [-0.15, -0.1) is 0 Å². The second-order valence-corrected chi connectivity index (χ2v) is 9.60. The van der Waals surface area contributed by atoms with Crippen LogP contribution in [0.5, 0.6) is 0 Å². The summed E-state index contributed by atoms with van der Waals surface area (Å²) in [6.45, 7) is 1.85. The molecule has 0 aliphatic heterocycles. The zero-order valence-corrected chi connectivity index (χ0v) is 16.9. The average molecular weight is 449 g/mol. The number of rotatable bonds is 6. The minimum atomic E-state index is -3.81. The van der Waals surface area contributed by atoms with E-state index >= 15 is 0 Å². The third-order valence-corrected chi connectivity index (χ3v) is 7.43. The predicted molar refractivity (Wildman–Crippen MR) is 98.1 cm³/mol. The van der Waals surface area contributed by atoms with Crippen LogP contribution in [0.1, 0.15) is 5.56 Å². The Morgan fingerprint density at radius 1 is 1.04 bits per heavy atom. The molecule has 0 saturated carbocycles. The van der Waals surface area contributed by atoms with Crippen LogP contribution >= 0.6 is 15.9 Å². The van der Waals surface area contributed by atoms with E-state index in [-0.39, 0.29) is 15.5 Å². The standard InChI is InChI=1S/C15H17BrN2O5S2/c1-11-4-9-15(14(16)10-11)24(19,20)17-12-5-7-13(8-6-12)25(21,22)18(2)23-3/h4-10,17H,1-3H3. The predicted octanol–water partition coefficient (Wildman–Crippen LogP) is 2.74. The highest BCUT2D eigenvalue weighted by molar-refractivity contribution is 9.10. The number of halogens is 1. The molecule has 0 aliphatic rings. The molecule has 0 bridgehead atoms. The topological polar surface area (TPSA) is 92.8 Å². The van der Waals surface area contributed by atoms with Crippen molar-refractivity contribution in [1.82, 2.24) is 4.47 Å². The molecular formula is C15H17BrN2O5S2. The summed E-state index contributed by atoms with van der Waals surface area (Å²) in [6.07, 6.45) is 0. The van der Waals surface area contributed by atoms with Gasteiger partial charge in [0.25, 0.3) is 20.0 Å². The number of sulfonamides is 2. The van der Waals surface area contributed by atoms with E-state index in [0.29, 0.717) is 4.47 Å². The van der Waals surface area contributed by atoms with Gasteiger partial charge in [-0.25, -0.2) is 16.8 Å². The molecule has 1 N–H and O–H groups in total. The van der Waals surface area contributed by atoms with E-state index in [1.165, 1.54) is 44.5 Å². The van der Waals surface area contributed by atoms with Crippen LogP contribution < -0.4 is 4.72 Å². The maximum atomic E-state index is 12.5. The third-order valence-electron chi connectivity index (χ3n) is 3.38. The number of nitrogens with zero attached hydrogens (tertiary/aromatic N) is 1. The highest BCUT2D eigenvalue weighted by atomic mass is 79.9. The van der Waals surface area contributed by atoms with Gasteiger partial charge in [0.2, 0.25) is 0 Å². The Hall–Kier alpha value is -1.46. The van der Waals surface area contributed by atoms with Crippen molar-refractivity contribution in [3.63, 3.8) is 0 Å². The lowest BCUT2D eigenvalue weighted by Crippen LogP contribution is -2.25. The Morgan fingerprint density at radius 2 is 1.64 bits per heavy atom. The Morgan fingerprint density at radius 3 is 2.16 bits per heavy atom. The summed E-state index contributed by atoms with van der Waals surface area (Å²) in [7, 11) is -5.10. The fourth-order valence-electron chi connectivity index (χ4n) is 1.98. The van der Waals surface area contributed by atoms with Crippen molar-refractivity contribution in [3.05, 3.63) is 52.5 Å². The Bertz CT molecular complexity index is 973. The molecule has 2 aromatic carbocycles. The van der Waals surface area contributed by atoms with Crippen LogP contribution in [-0.4, -0.2) is 35.5 Å². The van der Waals surface area contributed by atoms with Crippen LogP contribution in [0.3, 0.4) is 0 Å².